The van der Waals surface area contributed by atoms with Crippen molar-refractivity contribution in [3.63, 3.8) is 0 Å². The molecule has 0 bridgehead atoms. The fourth-order valence-electron chi connectivity index (χ4n) is 1.25. The Balaban J connectivity index is 3.98. The summed E-state index contributed by atoms with van der Waals surface area (Å²) in [6.45, 7) is 8.83. The molecule has 13 heavy (non-hydrogen) atoms. The molecule has 0 heterocycles. The number of alkyl halides is 1. The van der Waals surface area contributed by atoms with Gasteiger partial charge < -0.3 is 0 Å². The molecule has 0 N–H and O–H groups in total. The van der Waals surface area contributed by atoms with Crippen molar-refractivity contribution in [2.24, 2.45) is 5.92 Å². The highest BCUT2D eigenvalue weighted by Gasteiger charge is 2.00. The first-order valence-electron chi connectivity index (χ1n) is 4.96. The van der Waals surface area contributed by atoms with E-state index in [0.717, 1.165) is 5.33 Å². The molecule has 0 rings (SSSR count). The van der Waals surface area contributed by atoms with E-state index in [4.69, 9.17) is 0 Å². The lowest BCUT2D eigenvalue weighted by atomic mass is 9.98. The van der Waals surface area contributed by atoms with E-state index in [0.29, 0.717) is 5.92 Å². The zero-order chi connectivity index (χ0) is 10.3. The summed E-state index contributed by atoms with van der Waals surface area (Å²) < 4.78 is 0. The van der Waals surface area contributed by atoms with Crippen LogP contribution in [0.1, 0.15) is 40.5 Å². The molecule has 0 unspecified atom stereocenters. The molecule has 0 spiro atoms. The molecule has 0 aliphatic carbocycles. The van der Waals surface area contributed by atoms with Gasteiger partial charge in [-0.15, -0.1) is 0 Å². The Kier molecular flexibility index (Phi) is 7.35. The lowest BCUT2D eigenvalue weighted by molar-refractivity contribution is 0.712. The number of hydrogen-bond acceptors (Lipinski definition) is 0. The Labute approximate surface area is 91.2 Å². The Morgan fingerprint density at radius 2 is 1.85 bits per heavy atom. The van der Waals surface area contributed by atoms with Gasteiger partial charge >= 0.3 is 0 Å². The fourth-order valence-corrected chi connectivity index (χ4v) is 1.67. The molecule has 0 aliphatic heterocycles. The highest BCUT2D eigenvalue weighted by atomic mass is 79.9. The van der Waals surface area contributed by atoms with Crippen LogP contribution in [0, 0.1) is 5.92 Å². The molecule has 1 heteroatoms. The molecule has 0 nitrogen and oxygen atoms in total. The lowest BCUT2D eigenvalue weighted by Crippen LogP contribution is -1.94. The van der Waals surface area contributed by atoms with Crippen LogP contribution in [0.5, 0.6) is 0 Å². The van der Waals surface area contributed by atoms with Crippen LogP contribution in [0.15, 0.2) is 23.3 Å². The molecule has 0 aromatic carbocycles. The molecule has 0 amide bonds. The molecule has 0 saturated heterocycles. The maximum absolute atomic E-state index is 3.45. The van der Waals surface area contributed by atoms with Crippen molar-refractivity contribution in [2.75, 3.05) is 5.33 Å². The van der Waals surface area contributed by atoms with Gasteiger partial charge in [0.05, 0.1) is 0 Å². The van der Waals surface area contributed by atoms with E-state index < -0.39 is 0 Å². The first-order valence-corrected chi connectivity index (χ1v) is 6.08. The summed E-state index contributed by atoms with van der Waals surface area (Å²) in [5.41, 5.74) is 2.98. The second-order valence-electron chi connectivity index (χ2n) is 3.91. The van der Waals surface area contributed by atoms with Gasteiger partial charge in [0.25, 0.3) is 0 Å². The van der Waals surface area contributed by atoms with Gasteiger partial charge in [-0.25, -0.2) is 0 Å². The summed E-state index contributed by atoms with van der Waals surface area (Å²) >= 11 is 3.45. The van der Waals surface area contributed by atoms with Crippen LogP contribution in [0.3, 0.4) is 0 Å². The third kappa shape index (κ3) is 7.06. The smallest absolute Gasteiger partial charge is 0.0214 e. The lowest BCUT2D eigenvalue weighted by Gasteiger charge is -2.09. The van der Waals surface area contributed by atoms with Gasteiger partial charge in [0.15, 0.2) is 0 Å². The SMILES string of the molecule is CC(C)=CCC/C(=C/CBr)C(C)C. The molecule has 0 radical (unpaired) electrons. The number of rotatable bonds is 5. The Hall–Kier alpha value is -0.0400. The van der Waals surface area contributed by atoms with Crippen molar-refractivity contribution in [3.8, 4) is 0 Å². The Bertz CT molecular complexity index is 183. The van der Waals surface area contributed by atoms with Crippen LogP contribution in [0.25, 0.3) is 0 Å². The van der Waals surface area contributed by atoms with Gasteiger partial charge in [-0.05, 0) is 32.6 Å². The highest BCUT2D eigenvalue weighted by molar-refractivity contribution is 9.09. The van der Waals surface area contributed by atoms with Crippen molar-refractivity contribution in [3.05, 3.63) is 23.3 Å². The van der Waals surface area contributed by atoms with Gasteiger partial charge in [-0.3, -0.25) is 0 Å². The summed E-state index contributed by atoms with van der Waals surface area (Å²) in [4.78, 5) is 0. The predicted octanol–water partition coefficient (Wildman–Crippen LogP) is 4.71. The fraction of sp³-hybridized carbons (Fsp3) is 0.667. The monoisotopic (exact) mass is 244 g/mol. The number of hydrogen-bond donors (Lipinski definition) is 0. The minimum Gasteiger partial charge on any atom is -0.0883 e. The second kappa shape index (κ2) is 7.37. The molecule has 76 valence electrons. The standard InChI is InChI=1S/C12H21Br/c1-10(2)6-5-7-12(8-9-13)11(3)4/h6,8,11H,5,7,9H2,1-4H3/b12-8-. The third-order valence-electron chi connectivity index (χ3n) is 2.07. The molecular weight excluding hydrogens is 224 g/mol. The van der Waals surface area contributed by atoms with Gasteiger partial charge in [-0.2, -0.15) is 0 Å². The zero-order valence-corrected chi connectivity index (χ0v) is 10.8. The predicted molar refractivity (Wildman–Crippen MR) is 65.4 cm³/mol. The van der Waals surface area contributed by atoms with Crippen LogP contribution in [-0.4, -0.2) is 5.33 Å². The van der Waals surface area contributed by atoms with E-state index in [2.05, 4.69) is 55.8 Å². The summed E-state index contributed by atoms with van der Waals surface area (Å²) in [7, 11) is 0. The number of allylic oxidation sites excluding steroid dienone is 4. The molecule has 0 saturated carbocycles. The molecule has 0 fully saturated rings. The van der Waals surface area contributed by atoms with E-state index in [-0.39, 0.29) is 0 Å². The zero-order valence-electron chi connectivity index (χ0n) is 9.23. The van der Waals surface area contributed by atoms with Crippen LogP contribution >= 0.6 is 15.9 Å². The normalized spacial score (nSPS) is 12.0. The van der Waals surface area contributed by atoms with E-state index in [9.17, 15) is 0 Å². The molecule has 0 atom stereocenters. The average Bonchev–Trinajstić information content (AvgIpc) is 2.02. The van der Waals surface area contributed by atoms with Crippen LogP contribution in [0.2, 0.25) is 0 Å². The number of halogens is 1. The topological polar surface area (TPSA) is 0 Å². The van der Waals surface area contributed by atoms with E-state index in [1.807, 2.05) is 0 Å². The van der Waals surface area contributed by atoms with Gasteiger partial charge in [0.2, 0.25) is 0 Å². The van der Waals surface area contributed by atoms with Crippen molar-refractivity contribution in [1.29, 1.82) is 0 Å². The average molecular weight is 245 g/mol. The van der Waals surface area contributed by atoms with E-state index >= 15 is 0 Å². The van der Waals surface area contributed by atoms with Crippen molar-refractivity contribution >= 4 is 15.9 Å². The second-order valence-corrected chi connectivity index (χ2v) is 4.56. The van der Waals surface area contributed by atoms with Gasteiger partial charge in [0.1, 0.15) is 0 Å². The van der Waals surface area contributed by atoms with Crippen molar-refractivity contribution in [2.45, 2.75) is 40.5 Å². The van der Waals surface area contributed by atoms with Crippen molar-refractivity contribution in [1.82, 2.24) is 0 Å². The quantitative estimate of drug-likeness (QED) is 0.486. The molecule has 0 aromatic rings. The molecular formula is C12H21Br. The summed E-state index contributed by atoms with van der Waals surface area (Å²) in [5.74, 6) is 0.683. The maximum atomic E-state index is 3.45. The van der Waals surface area contributed by atoms with Gasteiger partial charge in [-0.1, -0.05) is 53.1 Å². The van der Waals surface area contributed by atoms with Gasteiger partial charge in [0, 0.05) is 5.33 Å². The summed E-state index contributed by atoms with van der Waals surface area (Å²) in [5, 5.41) is 0.981. The van der Waals surface area contributed by atoms with Crippen molar-refractivity contribution < 1.29 is 0 Å². The Morgan fingerprint density at radius 3 is 2.23 bits per heavy atom. The summed E-state index contributed by atoms with van der Waals surface area (Å²) in [6, 6.07) is 0. The molecule has 0 aliphatic rings. The van der Waals surface area contributed by atoms with E-state index in [1.165, 1.54) is 18.4 Å². The summed E-state index contributed by atoms with van der Waals surface area (Å²) in [6.07, 6.45) is 6.99. The first kappa shape index (κ1) is 13.0. The van der Waals surface area contributed by atoms with E-state index in [1.54, 1.807) is 5.57 Å². The van der Waals surface area contributed by atoms with Crippen LogP contribution in [0.4, 0.5) is 0 Å². The minimum absolute atomic E-state index is 0.683. The van der Waals surface area contributed by atoms with Crippen LogP contribution < -0.4 is 0 Å². The first-order chi connectivity index (χ1) is 6.07. The van der Waals surface area contributed by atoms with Crippen LogP contribution in [-0.2, 0) is 0 Å². The largest absolute Gasteiger partial charge is 0.0883 e. The third-order valence-corrected chi connectivity index (χ3v) is 2.39. The Morgan fingerprint density at radius 1 is 1.23 bits per heavy atom. The maximum Gasteiger partial charge on any atom is 0.0214 e. The molecule has 0 aromatic heterocycles. The minimum atomic E-state index is 0.683. The highest BCUT2D eigenvalue weighted by Crippen LogP contribution is 2.17.